The lowest BCUT2D eigenvalue weighted by molar-refractivity contribution is 0.0935. The lowest BCUT2D eigenvalue weighted by Gasteiger charge is -2.11. The number of carbonyl (C=O) groups excluding carboxylic acids is 2. The second kappa shape index (κ2) is 5.76. The molecular formula is C14H14N6O2S. The zero-order valence-corrected chi connectivity index (χ0v) is 13.3. The Morgan fingerprint density at radius 1 is 1.35 bits per heavy atom. The largest absolute Gasteiger partial charge is 0.365 e. The van der Waals surface area contributed by atoms with Gasteiger partial charge in [-0.25, -0.2) is 15.0 Å². The van der Waals surface area contributed by atoms with Crippen molar-refractivity contribution >= 4 is 34.2 Å². The van der Waals surface area contributed by atoms with Gasteiger partial charge in [0.05, 0.1) is 17.6 Å². The molecule has 0 aliphatic heterocycles. The number of amides is 2. The molecule has 0 spiro atoms. The molecule has 0 saturated heterocycles. The molecule has 1 atom stereocenters. The average molecular weight is 330 g/mol. The van der Waals surface area contributed by atoms with E-state index in [1.807, 2.05) is 17.8 Å². The fourth-order valence-corrected chi connectivity index (χ4v) is 2.96. The number of nitrogens with two attached hydrogens (primary N) is 1. The van der Waals surface area contributed by atoms with Crippen LogP contribution in [0, 0.1) is 0 Å². The van der Waals surface area contributed by atoms with Crippen LogP contribution in [0.3, 0.4) is 0 Å². The normalized spacial score (nSPS) is 12.3. The number of aryl methyl sites for hydroxylation is 1. The summed E-state index contributed by atoms with van der Waals surface area (Å²) in [6.07, 6.45) is 4.58. The first kappa shape index (κ1) is 15.1. The number of hydrogen-bond donors (Lipinski definition) is 2. The number of thiazole rings is 1. The number of hydrogen-bond acceptors (Lipinski definition) is 6. The Hall–Kier alpha value is -2.81. The maximum Gasteiger partial charge on any atom is 0.271 e. The van der Waals surface area contributed by atoms with Crippen LogP contribution < -0.4 is 11.1 Å². The highest BCUT2D eigenvalue weighted by Gasteiger charge is 2.19. The monoisotopic (exact) mass is 330 g/mol. The topological polar surface area (TPSA) is 116 Å². The molecule has 3 rings (SSSR count). The summed E-state index contributed by atoms with van der Waals surface area (Å²) in [5, 5.41) is 4.10. The third-order valence-electron chi connectivity index (χ3n) is 3.36. The van der Waals surface area contributed by atoms with Crippen LogP contribution in [0.5, 0.6) is 0 Å². The molecule has 2 amide bonds. The van der Waals surface area contributed by atoms with E-state index in [4.69, 9.17) is 5.73 Å². The molecule has 3 aromatic heterocycles. The highest BCUT2D eigenvalue weighted by atomic mass is 32.1. The summed E-state index contributed by atoms with van der Waals surface area (Å²) in [4.78, 5) is 36.3. The van der Waals surface area contributed by atoms with Gasteiger partial charge >= 0.3 is 0 Å². The van der Waals surface area contributed by atoms with Crippen molar-refractivity contribution in [3.63, 3.8) is 0 Å². The zero-order valence-electron chi connectivity index (χ0n) is 12.5. The van der Waals surface area contributed by atoms with E-state index in [9.17, 15) is 9.59 Å². The van der Waals surface area contributed by atoms with Crippen LogP contribution in [0.2, 0.25) is 0 Å². The van der Waals surface area contributed by atoms with Gasteiger partial charge in [-0.3, -0.25) is 9.59 Å². The predicted molar refractivity (Wildman–Crippen MR) is 85.0 cm³/mol. The number of fused-ring (bicyclic) bond motifs is 1. The molecule has 3 heterocycles. The summed E-state index contributed by atoms with van der Waals surface area (Å²) in [5.74, 6) is -0.860. The third-order valence-corrected chi connectivity index (χ3v) is 4.56. The SMILES string of the molecule is CC(NC(=O)c1ncnc2c1ccn2C)c1ncc(C(N)=O)s1. The van der Waals surface area contributed by atoms with Gasteiger partial charge in [0, 0.05) is 13.2 Å². The summed E-state index contributed by atoms with van der Waals surface area (Å²) in [6.45, 7) is 1.78. The fourth-order valence-electron chi connectivity index (χ4n) is 2.19. The van der Waals surface area contributed by atoms with E-state index in [0.29, 0.717) is 26.6 Å². The Labute approximate surface area is 135 Å². The third kappa shape index (κ3) is 2.78. The fraction of sp³-hybridized carbons (Fsp3) is 0.214. The molecule has 0 bridgehead atoms. The first-order valence-electron chi connectivity index (χ1n) is 6.79. The van der Waals surface area contributed by atoms with Crippen molar-refractivity contribution in [2.75, 3.05) is 0 Å². The van der Waals surface area contributed by atoms with Gasteiger partial charge in [0.25, 0.3) is 11.8 Å². The summed E-state index contributed by atoms with van der Waals surface area (Å²) in [6, 6.07) is 1.43. The van der Waals surface area contributed by atoms with Crippen LogP contribution in [-0.4, -0.2) is 31.3 Å². The Morgan fingerprint density at radius 3 is 2.83 bits per heavy atom. The van der Waals surface area contributed by atoms with Crippen LogP contribution in [-0.2, 0) is 7.05 Å². The number of primary amides is 1. The average Bonchev–Trinajstić information content (AvgIpc) is 3.14. The minimum Gasteiger partial charge on any atom is -0.365 e. The van der Waals surface area contributed by atoms with E-state index >= 15 is 0 Å². The van der Waals surface area contributed by atoms with E-state index in [1.165, 1.54) is 12.5 Å². The van der Waals surface area contributed by atoms with Gasteiger partial charge in [0.1, 0.15) is 27.6 Å². The van der Waals surface area contributed by atoms with Gasteiger partial charge < -0.3 is 15.6 Å². The van der Waals surface area contributed by atoms with E-state index in [-0.39, 0.29) is 11.9 Å². The Morgan fingerprint density at radius 2 is 2.13 bits per heavy atom. The zero-order chi connectivity index (χ0) is 16.6. The second-order valence-electron chi connectivity index (χ2n) is 5.01. The van der Waals surface area contributed by atoms with Crippen LogP contribution in [0.15, 0.2) is 24.8 Å². The number of aromatic nitrogens is 4. The van der Waals surface area contributed by atoms with Crippen molar-refractivity contribution in [3.8, 4) is 0 Å². The van der Waals surface area contributed by atoms with Gasteiger partial charge in [0.15, 0.2) is 0 Å². The molecule has 0 aliphatic rings. The lowest BCUT2D eigenvalue weighted by Crippen LogP contribution is -2.27. The maximum absolute atomic E-state index is 12.5. The van der Waals surface area contributed by atoms with E-state index < -0.39 is 5.91 Å². The number of nitrogens with zero attached hydrogens (tertiary/aromatic N) is 4. The second-order valence-corrected chi connectivity index (χ2v) is 6.07. The molecule has 3 N–H and O–H groups in total. The molecule has 0 radical (unpaired) electrons. The molecule has 23 heavy (non-hydrogen) atoms. The van der Waals surface area contributed by atoms with Crippen molar-refractivity contribution in [2.24, 2.45) is 12.8 Å². The molecule has 3 aromatic rings. The van der Waals surface area contributed by atoms with Crippen molar-refractivity contribution in [2.45, 2.75) is 13.0 Å². The molecular weight excluding hydrogens is 316 g/mol. The molecule has 0 saturated carbocycles. The molecule has 0 fully saturated rings. The predicted octanol–water partition coefficient (Wildman–Crippen LogP) is 1.01. The first-order chi connectivity index (χ1) is 11.0. The summed E-state index contributed by atoms with van der Waals surface area (Å²) < 4.78 is 1.82. The minimum absolute atomic E-state index is 0.300. The van der Waals surface area contributed by atoms with Crippen LogP contribution in [0.1, 0.15) is 38.1 Å². The van der Waals surface area contributed by atoms with E-state index in [0.717, 1.165) is 11.3 Å². The van der Waals surface area contributed by atoms with Crippen LogP contribution in [0.25, 0.3) is 11.0 Å². The maximum atomic E-state index is 12.5. The Kier molecular flexibility index (Phi) is 3.78. The Balaban J connectivity index is 1.83. The van der Waals surface area contributed by atoms with Crippen LogP contribution in [0.4, 0.5) is 0 Å². The van der Waals surface area contributed by atoms with Gasteiger partial charge in [-0.05, 0) is 13.0 Å². The standard InChI is InChI=1S/C14H14N6O2S/c1-7(14-16-5-9(23-14)11(15)21)19-13(22)10-8-3-4-20(2)12(8)18-6-17-10/h3-7H,1-2H3,(H2,15,21)(H,19,22). The highest BCUT2D eigenvalue weighted by Crippen LogP contribution is 2.21. The molecule has 8 nitrogen and oxygen atoms in total. The smallest absolute Gasteiger partial charge is 0.271 e. The minimum atomic E-state index is -0.533. The van der Waals surface area contributed by atoms with E-state index in [1.54, 1.807) is 13.0 Å². The van der Waals surface area contributed by atoms with Gasteiger partial charge in [0.2, 0.25) is 0 Å². The van der Waals surface area contributed by atoms with Gasteiger partial charge in [-0.2, -0.15) is 0 Å². The van der Waals surface area contributed by atoms with Gasteiger partial charge in [-0.1, -0.05) is 0 Å². The lowest BCUT2D eigenvalue weighted by atomic mass is 10.2. The highest BCUT2D eigenvalue weighted by molar-refractivity contribution is 7.13. The van der Waals surface area contributed by atoms with Crippen molar-refractivity contribution in [3.05, 3.63) is 40.4 Å². The van der Waals surface area contributed by atoms with Crippen molar-refractivity contribution in [1.29, 1.82) is 0 Å². The summed E-state index contributed by atoms with van der Waals surface area (Å²) in [7, 11) is 1.85. The molecule has 0 aliphatic carbocycles. The van der Waals surface area contributed by atoms with Crippen molar-refractivity contribution in [1.82, 2.24) is 24.8 Å². The number of rotatable bonds is 4. The van der Waals surface area contributed by atoms with Gasteiger partial charge in [-0.15, -0.1) is 11.3 Å². The summed E-state index contributed by atoms with van der Waals surface area (Å²) in [5.41, 5.74) is 6.19. The quantitative estimate of drug-likeness (QED) is 0.741. The molecule has 118 valence electrons. The first-order valence-corrected chi connectivity index (χ1v) is 7.61. The molecule has 9 heteroatoms. The molecule has 1 unspecified atom stereocenters. The van der Waals surface area contributed by atoms with Crippen LogP contribution >= 0.6 is 11.3 Å². The van der Waals surface area contributed by atoms with Crippen molar-refractivity contribution < 1.29 is 9.59 Å². The molecule has 0 aromatic carbocycles. The Bertz CT molecular complexity index is 900. The summed E-state index contributed by atoms with van der Waals surface area (Å²) >= 11 is 1.16. The van der Waals surface area contributed by atoms with E-state index in [2.05, 4.69) is 20.3 Å². The number of carbonyl (C=O) groups is 2. The number of nitrogens with one attached hydrogen (secondary N) is 1.